The third-order valence-corrected chi connectivity index (χ3v) is 3.99. The summed E-state index contributed by atoms with van der Waals surface area (Å²) in [6.07, 6.45) is 2.75. The van der Waals surface area contributed by atoms with Crippen molar-refractivity contribution in [2.75, 3.05) is 0 Å². The largest absolute Gasteiger partial charge is 0.229 e. The number of benzene rings is 1. The highest BCUT2D eigenvalue weighted by Gasteiger charge is 2.09. The van der Waals surface area contributed by atoms with Crippen LogP contribution in [0.2, 0.25) is 0 Å². The monoisotopic (exact) mass is 297 g/mol. The number of tetrazole rings is 1. The van der Waals surface area contributed by atoms with E-state index in [2.05, 4.69) is 51.4 Å². The normalized spacial score (nSPS) is 12.8. The van der Waals surface area contributed by atoms with Gasteiger partial charge in [0.05, 0.1) is 16.3 Å². The van der Waals surface area contributed by atoms with Gasteiger partial charge in [0.25, 0.3) is 0 Å². The van der Waals surface area contributed by atoms with Crippen LogP contribution in [0.25, 0.3) is 10.2 Å². The minimum absolute atomic E-state index is 0.607. The van der Waals surface area contributed by atoms with Crippen LogP contribution < -0.4 is 0 Å². The summed E-state index contributed by atoms with van der Waals surface area (Å²) in [6.45, 7) is 4.12. The van der Waals surface area contributed by atoms with Crippen LogP contribution in [0.1, 0.15) is 17.2 Å². The Bertz CT molecular complexity index is 802. The predicted octanol–water partition coefficient (Wildman–Crippen LogP) is 2.37. The van der Waals surface area contributed by atoms with Crippen molar-refractivity contribution < 1.29 is 0 Å². The van der Waals surface area contributed by atoms with Crippen LogP contribution in [0.15, 0.2) is 23.5 Å². The van der Waals surface area contributed by atoms with E-state index in [0.717, 1.165) is 10.2 Å². The first kappa shape index (κ1) is 13.3. The van der Waals surface area contributed by atoms with Crippen LogP contribution in [-0.4, -0.2) is 31.4 Å². The lowest BCUT2D eigenvalue weighted by Gasteiger charge is -1.97. The van der Waals surface area contributed by atoms with Crippen molar-refractivity contribution in [1.29, 1.82) is 5.26 Å². The third kappa shape index (κ3) is 2.64. The van der Waals surface area contributed by atoms with E-state index in [1.165, 1.54) is 39.8 Å². The average molecular weight is 297 g/mol. The van der Waals surface area contributed by atoms with Crippen molar-refractivity contribution in [2.45, 2.75) is 19.9 Å². The molecule has 1 unspecified atom stereocenters. The van der Waals surface area contributed by atoms with Gasteiger partial charge in [0.15, 0.2) is 12.4 Å². The maximum atomic E-state index is 9.10. The van der Waals surface area contributed by atoms with Gasteiger partial charge in [-0.3, -0.25) is 0 Å². The van der Waals surface area contributed by atoms with Crippen LogP contribution in [0, 0.1) is 25.2 Å². The topological polar surface area (TPSA) is 92.6 Å². The molecule has 1 aromatic carbocycles. The summed E-state index contributed by atoms with van der Waals surface area (Å²) in [4.78, 5) is 9.91. The molecule has 1 atom stereocenters. The van der Waals surface area contributed by atoms with E-state index in [1.54, 1.807) is 0 Å². The van der Waals surface area contributed by atoms with Crippen molar-refractivity contribution in [3.8, 4) is 6.07 Å². The van der Waals surface area contributed by atoms with Crippen LogP contribution >= 0.6 is 11.3 Å². The second-order valence-corrected chi connectivity index (χ2v) is 5.52. The molecule has 0 aliphatic heterocycles. The molecule has 0 saturated carbocycles. The smallest absolute Gasteiger partial charge is 0.209 e. The maximum Gasteiger partial charge on any atom is 0.209 e. The van der Waals surface area contributed by atoms with E-state index in [0.29, 0.717) is 5.13 Å². The number of nitrogens with zero attached hydrogens (tertiary/aromatic N) is 7. The lowest BCUT2D eigenvalue weighted by atomic mass is 10.1. The van der Waals surface area contributed by atoms with Crippen molar-refractivity contribution in [3.05, 3.63) is 29.6 Å². The van der Waals surface area contributed by atoms with E-state index in [9.17, 15) is 0 Å². The van der Waals surface area contributed by atoms with Crippen molar-refractivity contribution in [2.24, 2.45) is 4.99 Å². The highest BCUT2D eigenvalue weighted by molar-refractivity contribution is 7.22. The van der Waals surface area contributed by atoms with Crippen molar-refractivity contribution >= 4 is 32.9 Å². The van der Waals surface area contributed by atoms with Gasteiger partial charge < -0.3 is 0 Å². The molecule has 2 aromatic heterocycles. The second-order valence-electron chi connectivity index (χ2n) is 4.51. The fraction of sp³-hybridized carbons (Fsp3) is 0.231. The van der Waals surface area contributed by atoms with Gasteiger partial charge in [-0.05, 0) is 42.3 Å². The SMILES string of the molecule is Cc1cc2nc(N=CC(C#N)n3ncnn3)sc2cc1C. The number of hydrogen-bond donors (Lipinski definition) is 0. The maximum absolute atomic E-state index is 9.10. The molecule has 3 rings (SSSR count). The molecule has 0 N–H and O–H groups in total. The molecule has 3 aromatic rings. The van der Waals surface area contributed by atoms with Crippen LogP contribution in [0.5, 0.6) is 0 Å². The molecule has 2 heterocycles. The fourth-order valence-corrected chi connectivity index (χ4v) is 2.70. The van der Waals surface area contributed by atoms with Gasteiger partial charge in [0.2, 0.25) is 5.13 Å². The van der Waals surface area contributed by atoms with Gasteiger partial charge in [0, 0.05) is 6.21 Å². The van der Waals surface area contributed by atoms with Gasteiger partial charge in [-0.2, -0.15) is 5.26 Å². The van der Waals surface area contributed by atoms with Gasteiger partial charge in [-0.25, -0.2) is 9.98 Å². The lowest BCUT2D eigenvalue weighted by molar-refractivity contribution is 0.560. The zero-order valence-corrected chi connectivity index (χ0v) is 12.2. The zero-order valence-electron chi connectivity index (χ0n) is 11.4. The quantitative estimate of drug-likeness (QED) is 0.692. The average Bonchev–Trinajstić information content (AvgIpc) is 3.10. The molecule has 0 radical (unpaired) electrons. The summed E-state index contributed by atoms with van der Waals surface area (Å²) in [7, 11) is 0. The first-order chi connectivity index (χ1) is 10.2. The number of hydrogen-bond acceptors (Lipinski definition) is 7. The van der Waals surface area contributed by atoms with Gasteiger partial charge in [-0.15, -0.1) is 15.0 Å². The Morgan fingerprint density at radius 3 is 2.90 bits per heavy atom. The molecule has 0 saturated heterocycles. The molecule has 8 heteroatoms. The summed E-state index contributed by atoms with van der Waals surface area (Å²) in [5, 5.41) is 20.8. The minimum Gasteiger partial charge on any atom is -0.229 e. The number of thiazole rings is 1. The Hall–Kier alpha value is -2.66. The summed E-state index contributed by atoms with van der Waals surface area (Å²) < 4.78 is 1.08. The second kappa shape index (κ2) is 5.38. The first-order valence-corrected chi connectivity index (χ1v) is 7.03. The molecule has 104 valence electrons. The van der Waals surface area contributed by atoms with Gasteiger partial charge >= 0.3 is 0 Å². The number of aliphatic imine (C=N–C) groups is 1. The third-order valence-electron chi connectivity index (χ3n) is 3.06. The molecule has 21 heavy (non-hydrogen) atoms. The Balaban J connectivity index is 1.91. The number of nitriles is 1. The van der Waals surface area contributed by atoms with Crippen molar-refractivity contribution in [3.63, 3.8) is 0 Å². The summed E-state index contributed by atoms with van der Waals surface area (Å²) in [5.74, 6) is 0. The van der Waals surface area contributed by atoms with E-state index in [4.69, 9.17) is 5.26 Å². The summed E-state index contributed by atoms with van der Waals surface area (Å²) in [6, 6.07) is 5.50. The predicted molar refractivity (Wildman–Crippen MR) is 79.7 cm³/mol. The fourth-order valence-electron chi connectivity index (χ4n) is 1.80. The van der Waals surface area contributed by atoms with Gasteiger partial charge in [0.1, 0.15) is 0 Å². The molecular formula is C13H11N7S. The highest BCUT2D eigenvalue weighted by Crippen LogP contribution is 2.30. The molecule has 0 aliphatic carbocycles. The molecule has 0 amide bonds. The molecule has 0 aliphatic rings. The molecule has 0 fully saturated rings. The Labute approximate surface area is 124 Å². The van der Waals surface area contributed by atoms with E-state index < -0.39 is 6.04 Å². The molecule has 7 nitrogen and oxygen atoms in total. The summed E-state index contributed by atoms with van der Waals surface area (Å²) in [5.41, 5.74) is 3.34. The Kier molecular flexibility index (Phi) is 3.41. The Morgan fingerprint density at radius 1 is 1.38 bits per heavy atom. The lowest BCUT2D eigenvalue weighted by Crippen LogP contribution is -2.11. The van der Waals surface area contributed by atoms with Crippen LogP contribution in [-0.2, 0) is 0 Å². The van der Waals surface area contributed by atoms with Crippen molar-refractivity contribution in [1.82, 2.24) is 25.2 Å². The standard InChI is InChI=1S/C13H11N7S/c1-8-3-11-12(4-9(8)2)21-13(18-11)15-6-10(5-14)20-17-7-16-19-20/h3-4,6-7,10H,1-2H3. The number of aryl methyl sites for hydroxylation is 2. The Morgan fingerprint density at radius 2 is 2.19 bits per heavy atom. The zero-order chi connectivity index (χ0) is 14.8. The van der Waals surface area contributed by atoms with Crippen LogP contribution in [0.4, 0.5) is 5.13 Å². The van der Waals surface area contributed by atoms with E-state index in [1.807, 2.05) is 6.07 Å². The number of fused-ring (bicyclic) bond motifs is 1. The van der Waals surface area contributed by atoms with E-state index >= 15 is 0 Å². The first-order valence-electron chi connectivity index (χ1n) is 6.21. The van der Waals surface area contributed by atoms with Gasteiger partial charge in [-0.1, -0.05) is 11.3 Å². The van der Waals surface area contributed by atoms with Crippen LogP contribution in [0.3, 0.4) is 0 Å². The number of aromatic nitrogens is 5. The highest BCUT2D eigenvalue weighted by atomic mass is 32.1. The number of rotatable bonds is 3. The molecular weight excluding hydrogens is 286 g/mol. The molecule has 0 spiro atoms. The minimum atomic E-state index is -0.692. The molecule has 0 bridgehead atoms. The summed E-state index contributed by atoms with van der Waals surface area (Å²) >= 11 is 1.49. The van der Waals surface area contributed by atoms with E-state index in [-0.39, 0.29) is 0 Å².